The number of rotatable bonds is 10. The molecule has 10 aromatic carbocycles. The van der Waals surface area contributed by atoms with Crippen LogP contribution in [0.25, 0.3) is 65.7 Å². The number of furan rings is 1. The maximum Gasteiger partial charge on any atom is 0.138 e. The van der Waals surface area contributed by atoms with Crippen LogP contribution < -0.4 is 9.80 Å². The minimum atomic E-state index is -0.138. The van der Waals surface area contributed by atoms with E-state index in [0.717, 1.165) is 68.1 Å². The summed E-state index contributed by atoms with van der Waals surface area (Å²) in [6.45, 7) is 11.2. The quantitative estimate of drug-likeness (QED) is 0.101. The summed E-state index contributed by atoms with van der Waals surface area (Å²) in [5.74, 6) is 0. The molecule has 0 saturated carbocycles. The first-order valence-electron chi connectivity index (χ1n) is 24.5. The van der Waals surface area contributed by atoms with Crippen molar-refractivity contribution < 1.29 is 4.42 Å². The summed E-state index contributed by atoms with van der Waals surface area (Å²) < 4.78 is 6.44. The highest BCUT2D eigenvalue weighted by Gasteiger charge is 2.36. The van der Waals surface area contributed by atoms with Crippen LogP contribution >= 0.6 is 0 Å². The van der Waals surface area contributed by atoms with Crippen molar-refractivity contribution in [3.8, 4) is 22.3 Å². The molecule has 0 spiro atoms. The van der Waals surface area contributed by atoms with Crippen LogP contribution in [0.1, 0.15) is 48.6 Å². The highest BCUT2D eigenvalue weighted by atomic mass is 16.3. The second kappa shape index (κ2) is 17.3. The van der Waals surface area contributed by atoms with E-state index < -0.39 is 0 Å². The Morgan fingerprint density at radius 1 is 0.514 bits per heavy atom. The van der Waals surface area contributed by atoms with Gasteiger partial charge in [0.2, 0.25) is 0 Å². The van der Waals surface area contributed by atoms with Gasteiger partial charge in [-0.2, -0.15) is 0 Å². The summed E-state index contributed by atoms with van der Waals surface area (Å²) in [5.41, 5.74) is 19.8. The topological polar surface area (TPSA) is 19.6 Å². The van der Waals surface area contributed by atoms with Crippen molar-refractivity contribution in [1.82, 2.24) is 0 Å². The Labute approximate surface area is 410 Å². The third kappa shape index (κ3) is 7.29. The molecular formula is C67H54N2O. The van der Waals surface area contributed by atoms with Crippen molar-refractivity contribution in [3.63, 3.8) is 0 Å². The molecule has 1 aliphatic rings. The van der Waals surface area contributed by atoms with E-state index in [-0.39, 0.29) is 5.41 Å². The Kier molecular flexibility index (Phi) is 10.6. The third-order valence-corrected chi connectivity index (χ3v) is 14.6. The fraction of sp³-hybridized carbons (Fsp3) is 0.104. The number of benzene rings is 10. The lowest BCUT2D eigenvalue weighted by Gasteiger charge is -2.29. The van der Waals surface area contributed by atoms with Crippen molar-refractivity contribution in [1.29, 1.82) is 0 Å². The second-order valence-electron chi connectivity index (χ2n) is 19.3. The Balaban J connectivity index is 0.970. The molecule has 0 bridgehead atoms. The number of para-hydroxylation sites is 2. The van der Waals surface area contributed by atoms with Crippen LogP contribution in [0.4, 0.5) is 28.4 Å². The first-order chi connectivity index (χ1) is 34.2. The van der Waals surface area contributed by atoms with Crippen molar-refractivity contribution in [2.45, 2.75) is 46.5 Å². The standard InChI is InChI=1S/C67H54N2O/c1-6-49(18-13-16-48-17-14-22-60-58-21-10-12-24-64(58)70-66(48)60)68(53-38-40-57-56-20-9-11-23-61(56)67(4,5)62(57)43-53)50-36-29-47(30-37-50)54-41-42-63(65-55-19-8-7-15-46(55)31-39-59(54)65)69(51-32-25-44(2)26-33-51)52-34-27-45(3)28-35-52/h6-15,17-43H,16H2,1-5H3/b18-13-,49-6+. The fourth-order valence-corrected chi connectivity index (χ4v) is 11.0. The summed E-state index contributed by atoms with van der Waals surface area (Å²) in [6.07, 6.45) is 7.51. The Hall–Kier alpha value is -8.40. The lowest BCUT2D eigenvalue weighted by molar-refractivity contribution is 0.660. The number of aryl methyl sites for hydroxylation is 2. The highest BCUT2D eigenvalue weighted by molar-refractivity contribution is 6.19. The molecular weight excluding hydrogens is 849 g/mol. The minimum absolute atomic E-state index is 0.138. The van der Waals surface area contributed by atoms with Crippen LogP contribution in [-0.2, 0) is 11.8 Å². The van der Waals surface area contributed by atoms with Crippen molar-refractivity contribution in [3.05, 3.63) is 258 Å². The molecule has 0 atom stereocenters. The molecule has 70 heavy (non-hydrogen) atoms. The summed E-state index contributed by atoms with van der Waals surface area (Å²) in [6, 6.07) is 75.7. The van der Waals surface area contributed by atoms with E-state index in [1.54, 1.807) is 0 Å². The largest absolute Gasteiger partial charge is 0.456 e. The molecule has 12 rings (SSSR count). The predicted octanol–water partition coefficient (Wildman–Crippen LogP) is 18.8. The Bertz CT molecular complexity index is 3800. The summed E-state index contributed by atoms with van der Waals surface area (Å²) in [4.78, 5) is 4.83. The van der Waals surface area contributed by atoms with Crippen molar-refractivity contribution >= 4 is 71.9 Å². The zero-order valence-corrected chi connectivity index (χ0v) is 40.4. The number of hydrogen-bond acceptors (Lipinski definition) is 3. The lowest BCUT2D eigenvalue weighted by atomic mass is 9.82. The zero-order chi connectivity index (χ0) is 47.5. The van der Waals surface area contributed by atoms with Gasteiger partial charge in [-0.25, -0.2) is 0 Å². The first kappa shape index (κ1) is 42.9. The van der Waals surface area contributed by atoms with Gasteiger partial charge < -0.3 is 14.2 Å². The molecule has 0 amide bonds. The fourth-order valence-electron chi connectivity index (χ4n) is 11.0. The molecule has 1 aromatic heterocycles. The molecule has 1 heterocycles. The SMILES string of the molecule is C/C=C(\C=C/Cc1cccc2c1oc1ccccc12)N(c1ccc(-c2ccc(N(c3ccc(C)cc3)c3ccc(C)cc3)c3c2ccc2ccccc23)cc1)c1ccc2c(c1)C(C)(C)c1ccccc1-2. The van der Waals surface area contributed by atoms with Crippen LogP contribution in [-0.4, -0.2) is 0 Å². The molecule has 1 aliphatic carbocycles. The van der Waals surface area contributed by atoms with E-state index in [2.05, 4.69) is 263 Å². The highest BCUT2D eigenvalue weighted by Crippen LogP contribution is 2.51. The molecule has 0 saturated heterocycles. The molecule has 3 nitrogen and oxygen atoms in total. The summed E-state index contributed by atoms with van der Waals surface area (Å²) >= 11 is 0. The zero-order valence-electron chi connectivity index (χ0n) is 40.4. The van der Waals surface area contributed by atoms with Gasteiger partial charge in [0.25, 0.3) is 0 Å². The van der Waals surface area contributed by atoms with E-state index >= 15 is 0 Å². The second-order valence-corrected chi connectivity index (χ2v) is 19.3. The Morgan fingerprint density at radius 3 is 1.90 bits per heavy atom. The molecule has 3 heteroatoms. The number of fused-ring (bicyclic) bond motifs is 9. The van der Waals surface area contributed by atoms with Gasteiger partial charge in [-0.15, -0.1) is 0 Å². The van der Waals surface area contributed by atoms with Gasteiger partial charge in [-0.1, -0.05) is 183 Å². The Morgan fingerprint density at radius 2 is 1.14 bits per heavy atom. The molecule has 338 valence electrons. The maximum absolute atomic E-state index is 6.44. The molecule has 0 aliphatic heterocycles. The van der Waals surface area contributed by atoms with Gasteiger partial charge in [-0.05, 0) is 149 Å². The van der Waals surface area contributed by atoms with E-state index in [0.29, 0.717) is 0 Å². The van der Waals surface area contributed by atoms with E-state index in [1.807, 2.05) is 6.07 Å². The molecule has 0 fully saturated rings. The normalized spacial score (nSPS) is 13.1. The monoisotopic (exact) mass is 902 g/mol. The molecule has 0 radical (unpaired) electrons. The van der Waals surface area contributed by atoms with Gasteiger partial charge in [-0.3, -0.25) is 0 Å². The van der Waals surface area contributed by atoms with Gasteiger partial charge >= 0.3 is 0 Å². The average molecular weight is 903 g/mol. The first-order valence-corrected chi connectivity index (χ1v) is 24.5. The molecule has 0 unspecified atom stereocenters. The van der Waals surface area contributed by atoms with Crippen LogP contribution in [0.5, 0.6) is 0 Å². The van der Waals surface area contributed by atoms with Gasteiger partial charge in [0.1, 0.15) is 11.2 Å². The van der Waals surface area contributed by atoms with Gasteiger partial charge in [0, 0.05) is 50.0 Å². The summed E-state index contributed by atoms with van der Waals surface area (Å²) in [5, 5.41) is 7.19. The van der Waals surface area contributed by atoms with Gasteiger partial charge in [0.15, 0.2) is 0 Å². The van der Waals surface area contributed by atoms with Crippen LogP contribution in [0.15, 0.2) is 235 Å². The number of anilines is 5. The van der Waals surface area contributed by atoms with Crippen LogP contribution in [0, 0.1) is 13.8 Å². The van der Waals surface area contributed by atoms with Gasteiger partial charge in [0.05, 0.1) is 5.69 Å². The number of nitrogens with zero attached hydrogens (tertiary/aromatic N) is 2. The van der Waals surface area contributed by atoms with Crippen molar-refractivity contribution in [2.24, 2.45) is 0 Å². The van der Waals surface area contributed by atoms with Crippen molar-refractivity contribution in [2.75, 3.05) is 9.80 Å². The van der Waals surface area contributed by atoms with Crippen LogP contribution in [0.2, 0.25) is 0 Å². The molecule has 0 N–H and O–H groups in total. The smallest absolute Gasteiger partial charge is 0.138 e. The van der Waals surface area contributed by atoms with E-state index in [1.165, 1.54) is 66.1 Å². The maximum atomic E-state index is 6.44. The number of allylic oxidation sites excluding steroid dienone is 3. The van der Waals surface area contributed by atoms with E-state index in [4.69, 9.17) is 4.42 Å². The lowest BCUT2D eigenvalue weighted by Crippen LogP contribution is -2.18. The molecule has 11 aromatic rings. The number of hydrogen-bond donors (Lipinski definition) is 0. The van der Waals surface area contributed by atoms with Crippen LogP contribution in [0.3, 0.4) is 0 Å². The minimum Gasteiger partial charge on any atom is -0.456 e. The third-order valence-electron chi connectivity index (χ3n) is 14.6. The average Bonchev–Trinajstić information content (AvgIpc) is 3.89. The van der Waals surface area contributed by atoms with E-state index in [9.17, 15) is 0 Å². The predicted molar refractivity (Wildman–Crippen MR) is 298 cm³/mol. The summed E-state index contributed by atoms with van der Waals surface area (Å²) in [7, 11) is 0.